The molecule has 0 spiro atoms. The number of carbonyl (C=O) groups excluding carboxylic acids is 1. The van der Waals surface area contributed by atoms with Gasteiger partial charge in [-0.15, -0.1) is 0 Å². The highest BCUT2D eigenvalue weighted by atomic mass is 16.8. The molecule has 36 heavy (non-hydrogen) atoms. The van der Waals surface area contributed by atoms with Gasteiger partial charge < -0.3 is 34.1 Å². The Morgan fingerprint density at radius 2 is 1.53 bits per heavy atom. The van der Waals surface area contributed by atoms with Gasteiger partial charge in [-0.05, 0) is 47.5 Å². The van der Waals surface area contributed by atoms with E-state index in [-0.39, 0.29) is 6.79 Å². The summed E-state index contributed by atoms with van der Waals surface area (Å²) in [6.45, 7) is 0.0982. The van der Waals surface area contributed by atoms with Crippen LogP contribution in [0.2, 0.25) is 0 Å². The number of anilines is 2. The van der Waals surface area contributed by atoms with E-state index in [1.54, 1.807) is 7.11 Å². The van der Waals surface area contributed by atoms with Crippen LogP contribution in [0.15, 0.2) is 72.8 Å². The molecule has 0 fully saturated rings. The molecule has 1 N–H and O–H groups in total. The number of ether oxygens (including phenoxy) is 4. The van der Waals surface area contributed by atoms with E-state index >= 15 is 0 Å². The Balaban J connectivity index is 1.57. The topological polar surface area (TPSA) is 72.5 Å². The largest absolute Gasteiger partial charge is 0.497 e. The minimum atomic E-state index is -0.680. The van der Waals surface area contributed by atoms with E-state index in [4.69, 9.17) is 18.9 Å². The van der Waals surface area contributed by atoms with Crippen LogP contribution in [0.25, 0.3) is 0 Å². The molecule has 192 valence electrons. The molecule has 1 unspecified atom stereocenters. The Morgan fingerprint density at radius 3 is 2.22 bits per heavy atom. The molecule has 8 nitrogen and oxygen atoms in total. The Hall–Kier alpha value is -3.91. The lowest BCUT2D eigenvalue weighted by atomic mass is 10.1. The van der Waals surface area contributed by atoms with Gasteiger partial charge in [0.15, 0.2) is 6.79 Å². The molecule has 0 saturated heterocycles. The fourth-order valence-corrected chi connectivity index (χ4v) is 3.41. The second-order valence-corrected chi connectivity index (χ2v) is 8.63. The number of alkyl carbamates (subject to hydrolysis) is 1. The second-order valence-electron chi connectivity index (χ2n) is 8.63. The molecule has 1 amide bonds. The zero-order valence-corrected chi connectivity index (χ0v) is 21.6. The van der Waals surface area contributed by atoms with Crippen LogP contribution in [-0.2, 0) is 22.4 Å². The van der Waals surface area contributed by atoms with Crippen LogP contribution in [0.5, 0.6) is 11.5 Å². The second kappa shape index (κ2) is 13.3. The average Bonchev–Trinajstić information content (AvgIpc) is 2.88. The van der Waals surface area contributed by atoms with Crippen LogP contribution in [0.1, 0.15) is 11.1 Å². The minimum absolute atomic E-state index is 0.257. The zero-order valence-electron chi connectivity index (χ0n) is 21.6. The number of rotatable bonds is 12. The molecule has 1 atom stereocenters. The van der Waals surface area contributed by atoms with Gasteiger partial charge in [0.2, 0.25) is 6.29 Å². The molecule has 0 radical (unpaired) electrons. The molecule has 3 aromatic carbocycles. The summed E-state index contributed by atoms with van der Waals surface area (Å²) in [5.74, 6) is 1.40. The first-order chi connectivity index (χ1) is 17.3. The normalized spacial score (nSPS) is 11.4. The molecule has 0 aliphatic heterocycles. The van der Waals surface area contributed by atoms with Crippen molar-refractivity contribution in [1.29, 1.82) is 0 Å². The van der Waals surface area contributed by atoms with Gasteiger partial charge in [-0.2, -0.15) is 0 Å². The molecule has 0 bridgehead atoms. The van der Waals surface area contributed by atoms with Gasteiger partial charge in [-0.25, -0.2) is 4.79 Å². The summed E-state index contributed by atoms with van der Waals surface area (Å²) in [6.07, 6.45) is -0.811. The lowest BCUT2D eigenvalue weighted by Gasteiger charge is -2.21. The highest BCUT2D eigenvalue weighted by molar-refractivity contribution is 5.67. The van der Waals surface area contributed by atoms with Crippen molar-refractivity contribution in [2.24, 2.45) is 0 Å². The first kappa shape index (κ1) is 26.7. The number of benzene rings is 3. The highest BCUT2D eigenvalue weighted by Crippen LogP contribution is 2.22. The molecule has 3 aromatic rings. The van der Waals surface area contributed by atoms with Crippen molar-refractivity contribution in [2.75, 3.05) is 51.9 Å². The van der Waals surface area contributed by atoms with Crippen molar-refractivity contribution >= 4 is 17.5 Å². The third-order valence-corrected chi connectivity index (χ3v) is 5.47. The molecule has 0 saturated carbocycles. The maximum absolute atomic E-state index is 12.2. The van der Waals surface area contributed by atoms with Crippen molar-refractivity contribution in [1.82, 2.24) is 5.32 Å². The summed E-state index contributed by atoms with van der Waals surface area (Å²) in [6, 6.07) is 23.3. The fourth-order valence-electron chi connectivity index (χ4n) is 3.41. The smallest absolute Gasteiger partial charge is 0.409 e. The molecule has 0 aliphatic rings. The van der Waals surface area contributed by atoms with Gasteiger partial charge in [-0.3, -0.25) is 0 Å². The first-order valence-corrected chi connectivity index (χ1v) is 11.7. The van der Waals surface area contributed by atoms with Crippen LogP contribution in [0, 0.1) is 0 Å². The average molecular weight is 494 g/mol. The maximum atomic E-state index is 12.2. The zero-order chi connectivity index (χ0) is 25.9. The van der Waals surface area contributed by atoms with Crippen LogP contribution in [0.4, 0.5) is 16.2 Å². The number of carbonyl (C=O) groups is 1. The number of nitrogens with one attached hydrogen (secondary N) is 1. The van der Waals surface area contributed by atoms with E-state index in [0.717, 1.165) is 28.3 Å². The maximum Gasteiger partial charge on any atom is 0.409 e. The first-order valence-electron chi connectivity index (χ1n) is 11.7. The van der Waals surface area contributed by atoms with E-state index in [0.29, 0.717) is 18.7 Å². The summed E-state index contributed by atoms with van der Waals surface area (Å²) < 4.78 is 22.5. The van der Waals surface area contributed by atoms with Crippen molar-refractivity contribution in [3.8, 4) is 11.5 Å². The third kappa shape index (κ3) is 8.39. The Kier molecular flexibility index (Phi) is 9.82. The standard InChI is InChI=1S/C28H35N3O5/c1-30(2)23-14-12-21(13-15-23)19-29-28(32)35-20-34-27(17-22-8-6-10-25(16-22)33-5)36-26-11-7-9-24(18-26)31(3)4/h6-16,18,27H,17,19-20H2,1-5H3,(H,29,32). The molecule has 0 heterocycles. The van der Waals surface area contributed by atoms with Crippen LogP contribution < -0.4 is 24.6 Å². The SMILES string of the molecule is COc1cccc(CC(OCOC(=O)NCc2ccc(N(C)C)cc2)Oc2cccc(N(C)C)c2)c1. The predicted octanol–water partition coefficient (Wildman–Crippen LogP) is 4.68. The third-order valence-electron chi connectivity index (χ3n) is 5.47. The van der Waals surface area contributed by atoms with Gasteiger partial charge in [0, 0.05) is 58.6 Å². The van der Waals surface area contributed by atoms with Gasteiger partial charge in [-0.1, -0.05) is 30.3 Å². The Morgan fingerprint density at radius 1 is 0.833 bits per heavy atom. The highest BCUT2D eigenvalue weighted by Gasteiger charge is 2.15. The van der Waals surface area contributed by atoms with Crippen LogP contribution >= 0.6 is 0 Å². The van der Waals surface area contributed by atoms with Gasteiger partial charge in [0.25, 0.3) is 0 Å². The van der Waals surface area contributed by atoms with Gasteiger partial charge in [0.05, 0.1) is 7.11 Å². The molecule has 8 heteroatoms. The molecule has 0 aliphatic carbocycles. The van der Waals surface area contributed by atoms with E-state index in [1.807, 2.05) is 111 Å². The van der Waals surface area contributed by atoms with Gasteiger partial charge in [0.1, 0.15) is 11.5 Å². The Bertz CT molecular complexity index is 1100. The molecular formula is C28H35N3O5. The van der Waals surface area contributed by atoms with Crippen LogP contribution in [0.3, 0.4) is 0 Å². The predicted molar refractivity (Wildman–Crippen MR) is 142 cm³/mol. The van der Waals surface area contributed by atoms with Crippen molar-refractivity contribution < 1.29 is 23.7 Å². The minimum Gasteiger partial charge on any atom is -0.497 e. The number of amides is 1. The van der Waals surface area contributed by atoms with E-state index in [9.17, 15) is 4.79 Å². The molecule has 3 rings (SSSR count). The lowest BCUT2D eigenvalue weighted by molar-refractivity contribution is -0.136. The summed E-state index contributed by atoms with van der Waals surface area (Å²) in [5.41, 5.74) is 4.03. The quantitative estimate of drug-likeness (QED) is 0.368. The van der Waals surface area contributed by atoms with Crippen molar-refractivity contribution in [3.63, 3.8) is 0 Å². The molecule has 0 aromatic heterocycles. The number of nitrogens with zero attached hydrogens (tertiary/aromatic N) is 2. The van der Waals surface area contributed by atoms with Crippen molar-refractivity contribution in [3.05, 3.63) is 83.9 Å². The summed E-state index contributed by atoms with van der Waals surface area (Å²) in [7, 11) is 9.52. The Labute approximate surface area is 213 Å². The fraction of sp³-hybridized carbons (Fsp3) is 0.321. The monoisotopic (exact) mass is 493 g/mol. The number of hydrogen-bond acceptors (Lipinski definition) is 7. The summed E-state index contributed by atoms with van der Waals surface area (Å²) in [5, 5.41) is 2.74. The van der Waals surface area contributed by atoms with Crippen LogP contribution in [-0.4, -0.2) is 54.5 Å². The number of hydrogen-bond donors (Lipinski definition) is 1. The summed E-state index contributed by atoms with van der Waals surface area (Å²) >= 11 is 0. The lowest BCUT2D eigenvalue weighted by Crippen LogP contribution is -2.29. The van der Waals surface area contributed by atoms with E-state index < -0.39 is 12.4 Å². The molecular weight excluding hydrogens is 458 g/mol. The number of methoxy groups -OCH3 is 1. The van der Waals surface area contributed by atoms with E-state index in [2.05, 4.69) is 5.32 Å². The van der Waals surface area contributed by atoms with Crippen molar-refractivity contribution in [2.45, 2.75) is 19.3 Å². The van der Waals surface area contributed by atoms with E-state index in [1.165, 1.54) is 0 Å². The summed E-state index contributed by atoms with van der Waals surface area (Å²) in [4.78, 5) is 16.2. The van der Waals surface area contributed by atoms with Gasteiger partial charge >= 0.3 is 6.09 Å².